The third-order valence-corrected chi connectivity index (χ3v) is 7.55. The molecule has 3 atom stereocenters. The second kappa shape index (κ2) is 8.14. The first kappa shape index (κ1) is 19.9. The summed E-state index contributed by atoms with van der Waals surface area (Å²) >= 11 is 1.85. The lowest BCUT2D eigenvalue weighted by molar-refractivity contribution is -0.125. The Balaban J connectivity index is 1.48. The number of carbonyl (C=O) groups excluding carboxylic acids is 1. The fraction of sp³-hybridized carbons (Fsp3) is 0.455. The van der Waals surface area contributed by atoms with E-state index < -0.39 is 0 Å². The second-order valence-corrected chi connectivity index (χ2v) is 8.64. The monoisotopic (exact) mass is 414 g/mol. The van der Waals surface area contributed by atoms with Gasteiger partial charge in [0.05, 0.1) is 37.7 Å². The predicted molar refractivity (Wildman–Crippen MR) is 115 cm³/mol. The SMILES string of the molecule is COc1cc(CNC(=O)C2CSC34C=CC=CC3=NCCC24)cc(OC)c1OC. The van der Waals surface area contributed by atoms with Crippen LogP contribution in [0.3, 0.4) is 0 Å². The van der Waals surface area contributed by atoms with Crippen molar-refractivity contribution in [2.24, 2.45) is 16.8 Å². The molecule has 6 nitrogen and oxygen atoms in total. The molecule has 0 radical (unpaired) electrons. The molecule has 3 unspecified atom stereocenters. The Morgan fingerprint density at radius 1 is 1.21 bits per heavy atom. The number of allylic oxidation sites excluding steroid dienone is 3. The highest BCUT2D eigenvalue weighted by molar-refractivity contribution is 8.02. The molecule has 4 rings (SSSR count). The zero-order valence-electron chi connectivity index (χ0n) is 16.9. The minimum Gasteiger partial charge on any atom is -0.493 e. The van der Waals surface area contributed by atoms with Crippen LogP contribution in [0.4, 0.5) is 0 Å². The second-order valence-electron chi connectivity index (χ2n) is 7.34. The van der Waals surface area contributed by atoms with E-state index in [4.69, 9.17) is 19.2 Å². The van der Waals surface area contributed by atoms with Crippen molar-refractivity contribution in [3.05, 3.63) is 42.0 Å². The summed E-state index contributed by atoms with van der Waals surface area (Å²) in [7, 11) is 4.75. The highest BCUT2D eigenvalue weighted by Gasteiger charge is 2.53. The molecule has 29 heavy (non-hydrogen) atoms. The summed E-state index contributed by atoms with van der Waals surface area (Å²) < 4.78 is 16.0. The molecule has 1 fully saturated rings. The Labute approximate surface area is 175 Å². The number of nitrogens with zero attached hydrogens (tertiary/aromatic N) is 1. The third-order valence-electron chi connectivity index (χ3n) is 5.90. The van der Waals surface area contributed by atoms with Crippen LogP contribution < -0.4 is 19.5 Å². The van der Waals surface area contributed by atoms with Gasteiger partial charge in [0.25, 0.3) is 0 Å². The number of nitrogens with one attached hydrogen (secondary N) is 1. The molecule has 0 aromatic heterocycles. The van der Waals surface area contributed by atoms with Crippen LogP contribution in [0.2, 0.25) is 0 Å². The standard InChI is InChI=1S/C22H26N2O4S/c1-26-17-10-14(11-18(27-2)20(17)28-3)12-24-21(25)15-13-29-22-8-5-4-6-19(22)23-9-7-16(15)22/h4-6,8,10-11,15-16H,7,9,12-13H2,1-3H3,(H,24,25). The average Bonchev–Trinajstić information content (AvgIpc) is 3.14. The van der Waals surface area contributed by atoms with E-state index in [2.05, 4.69) is 23.5 Å². The van der Waals surface area contributed by atoms with E-state index >= 15 is 0 Å². The first-order valence-corrected chi connectivity index (χ1v) is 10.7. The van der Waals surface area contributed by atoms with E-state index in [1.165, 1.54) is 0 Å². The highest BCUT2D eigenvalue weighted by Crippen LogP contribution is 2.52. The Kier molecular flexibility index (Phi) is 5.58. The van der Waals surface area contributed by atoms with Gasteiger partial charge in [-0.3, -0.25) is 9.79 Å². The fourth-order valence-corrected chi connectivity index (χ4v) is 6.27. The largest absolute Gasteiger partial charge is 0.493 e. The van der Waals surface area contributed by atoms with Crippen molar-refractivity contribution < 1.29 is 19.0 Å². The van der Waals surface area contributed by atoms with Crippen LogP contribution in [0.5, 0.6) is 17.2 Å². The maximum absolute atomic E-state index is 13.1. The predicted octanol–water partition coefficient (Wildman–Crippen LogP) is 3.02. The van der Waals surface area contributed by atoms with Crippen LogP contribution in [0.15, 0.2) is 41.4 Å². The fourth-order valence-electron chi connectivity index (χ4n) is 4.48. The van der Waals surface area contributed by atoms with Crippen LogP contribution in [-0.2, 0) is 11.3 Å². The number of amides is 1. The lowest BCUT2D eigenvalue weighted by Crippen LogP contribution is -2.46. The van der Waals surface area contributed by atoms with Gasteiger partial charge in [0.1, 0.15) is 0 Å². The molecule has 1 N–H and O–H groups in total. The Bertz CT molecular complexity index is 870. The molecule has 1 amide bonds. The summed E-state index contributed by atoms with van der Waals surface area (Å²) in [6.45, 7) is 1.20. The first-order chi connectivity index (χ1) is 14.1. The summed E-state index contributed by atoms with van der Waals surface area (Å²) in [6.07, 6.45) is 9.38. The van der Waals surface area contributed by atoms with Gasteiger partial charge in [-0.25, -0.2) is 0 Å². The van der Waals surface area contributed by atoms with E-state index in [1.54, 1.807) is 21.3 Å². The molecule has 1 spiro atoms. The van der Waals surface area contributed by atoms with Gasteiger partial charge in [-0.2, -0.15) is 0 Å². The summed E-state index contributed by atoms with van der Waals surface area (Å²) in [5, 5.41) is 3.12. The molecule has 1 saturated heterocycles. The topological polar surface area (TPSA) is 69.2 Å². The maximum Gasteiger partial charge on any atom is 0.224 e. The summed E-state index contributed by atoms with van der Waals surface area (Å²) in [4.78, 5) is 17.8. The van der Waals surface area contributed by atoms with E-state index in [0.29, 0.717) is 23.8 Å². The van der Waals surface area contributed by atoms with Crippen LogP contribution in [0, 0.1) is 11.8 Å². The summed E-state index contributed by atoms with van der Waals surface area (Å²) in [5.41, 5.74) is 2.01. The Morgan fingerprint density at radius 3 is 2.66 bits per heavy atom. The van der Waals surface area contributed by atoms with Gasteiger partial charge in [-0.05, 0) is 36.1 Å². The third kappa shape index (κ3) is 3.41. The number of methoxy groups -OCH3 is 3. The number of hydrogen-bond donors (Lipinski definition) is 1. The van der Waals surface area contributed by atoms with Gasteiger partial charge >= 0.3 is 0 Å². The number of benzene rings is 1. The molecule has 1 aliphatic carbocycles. The van der Waals surface area contributed by atoms with Crippen molar-refractivity contribution in [2.45, 2.75) is 17.7 Å². The van der Waals surface area contributed by atoms with Crippen molar-refractivity contribution in [1.82, 2.24) is 5.32 Å². The average molecular weight is 415 g/mol. The summed E-state index contributed by atoms with van der Waals surface area (Å²) in [5.74, 6) is 2.87. The van der Waals surface area contributed by atoms with Gasteiger partial charge in [0, 0.05) is 18.8 Å². The van der Waals surface area contributed by atoms with Crippen molar-refractivity contribution in [2.75, 3.05) is 33.6 Å². The molecule has 1 aromatic rings. The number of thioether (sulfide) groups is 1. The normalized spacial score (nSPS) is 26.9. The molecule has 0 bridgehead atoms. The molecule has 7 heteroatoms. The molecule has 154 valence electrons. The lowest BCUT2D eigenvalue weighted by Gasteiger charge is -2.38. The zero-order chi connectivity index (χ0) is 20.4. The molecule has 2 aliphatic heterocycles. The van der Waals surface area contributed by atoms with Crippen molar-refractivity contribution in [3.63, 3.8) is 0 Å². The van der Waals surface area contributed by atoms with E-state index in [-0.39, 0.29) is 22.5 Å². The van der Waals surface area contributed by atoms with Crippen LogP contribution in [-0.4, -0.2) is 50.0 Å². The zero-order valence-corrected chi connectivity index (χ0v) is 17.8. The Hall–Kier alpha value is -2.41. The first-order valence-electron chi connectivity index (χ1n) is 9.74. The smallest absolute Gasteiger partial charge is 0.224 e. The van der Waals surface area contributed by atoms with Gasteiger partial charge in [-0.15, -0.1) is 11.8 Å². The van der Waals surface area contributed by atoms with Gasteiger partial charge in [-0.1, -0.05) is 18.2 Å². The van der Waals surface area contributed by atoms with Gasteiger partial charge in [0.2, 0.25) is 11.7 Å². The number of rotatable bonds is 6. The number of ether oxygens (including phenoxy) is 3. The quantitative estimate of drug-likeness (QED) is 0.775. The number of carbonyl (C=O) groups is 1. The lowest BCUT2D eigenvalue weighted by atomic mass is 9.74. The summed E-state index contributed by atoms with van der Waals surface area (Å²) in [6, 6.07) is 3.74. The van der Waals surface area contributed by atoms with Gasteiger partial charge in [0.15, 0.2) is 11.5 Å². The minimum absolute atomic E-state index is 0.0244. The molecule has 1 aromatic carbocycles. The van der Waals surface area contributed by atoms with E-state index in [1.807, 2.05) is 30.0 Å². The molecule has 3 aliphatic rings. The van der Waals surface area contributed by atoms with Crippen LogP contribution in [0.25, 0.3) is 0 Å². The van der Waals surface area contributed by atoms with Crippen LogP contribution >= 0.6 is 11.8 Å². The molecular weight excluding hydrogens is 388 g/mol. The van der Waals surface area contributed by atoms with Crippen LogP contribution in [0.1, 0.15) is 12.0 Å². The van der Waals surface area contributed by atoms with Crippen molar-refractivity contribution in [3.8, 4) is 17.2 Å². The minimum atomic E-state index is -0.137. The van der Waals surface area contributed by atoms with E-state index in [9.17, 15) is 4.79 Å². The van der Waals surface area contributed by atoms with Gasteiger partial charge < -0.3 is 19.5 Å². The molecular formula is C22H26N2O4S. The number of hydrogen-bond acceptors (Lipinski definition) is 6. The maximum atomic E-state index is 13.1. The molecule has 2 heterocycles. The van der Waals surface area contributed by atoms with Crippen molar-refractivity contribution in [1.29, 1.82) is 0 Å². The highest BCUT2D eigenvalue weighted by atomic mass is 32.2. The molecule has 0 saturated carbocycles. The van der Waals surface area contributed by atoms with E-state index in [0.717, 1.165) is 30.0 Å². The number of aliphatic imine (C=N–C) groups is 1. The Morgan fingerprint density at radius 2 is 1.97 bits per heavy atom. The van der Waals surface area contributed by atoms with Crippen molar-refractivity contribution >= 4 is 23.4 Å².